The van der Waals surface area contributed by atoms with Crippen LogP contribution in [-0.4, -0.2) is 17.0 Å². The lowest BCUT2D eigenvalue weighted by atomic mass is 10.1. The molecule has 2 rings (SSSR count). The van der Waals surface area contributed by atoms with E-state index < -0.39 is 5.97 Å². The number of aromatic carboxylic acids is 1. The lowest BCUT2D eigenvalue weighted by molar-refractivity contribution is -0.117. The first-order chi connectivity index (χ1) is 7.18. The second-order valence-corrected chi connectivity index (χ2v) is 3.61. The van der Waals surface area contributed by atoms with Crippen molar-refractivity contribution in [1.29, 1.82) is 0 Å². The summed E-state index contributed by atoms with van der Waals surface area (Å²) in [6.07, 6.45) is 1.81. The van der Waals surface area contributed by atoms with Gasteiger partial charge in [0.25, 0.3) is 0 Å². The SMILES string of the molecule is O=C(O)c1ccccc1NC(=O)C1CC1. The van der Waals surface area contributed by atoms with Gasteiger partial charge in [-0.15, -0.1) is 0 Å². The number of rotatable bonds is 3. The van der Waals surface area contributed by atoms with Gasteiger partial charge in [0.15, 0.2) is 0 Å². The average Bonchev–Trinajstić information content (AvgIpc) is 3.01. The number of nitrogens with one attached hydrogen (secondary N) is 1. The minimum atomic E-state index is -1.03. The van der Waals surface area contributed by atoms with E-state index in [2.05, 4.69) is 5.32 Å². The van der Waals surface area contributed by atoms with Gasteiger partial charge in [-0.25, -0.2) is 4.79 Å². The molecule has 0 unspecified atom stereocenters. The summed E-state index contributed by atoms with van der Waals surface area (Å²) in [4.78, 5) is 22.3. The molecule has 1 aromatic rings. The molecule has 4 heteroatoms. The van der Waals surface area contributed by atoms with E-state index >= 15 is 0 Å². The van der Waals surface area contributed by atoms with Gasteiger partial charge in [0.2, 0.25) is 5.91 Å². The average molecular weight is 205 g/mol. The molecule has 2 N–H and O–H groups in total. The lowest BCUT2D eigenvalue weighted by Gasteiger charge is -2.06. The molecule has 0 heterocycles. The summed E-state index contributed by atoms with van der Waals surface area (Å²) in [6, 6.07) is 6.42. The fourth-order valence-electron chi connectivity index (χ4n) is 1.36. The zero-order valence-electron chi connectivity index (χ0n) is 8.06. The van der Waals surface area contributed by atoms with Gasteiger partial charge in [0, 0.05) is 5.92 Å². The summed E-state index contributed by atoms with van der Waals surface area (Å²) in [7, 11) is 0. The van der Waals surface area contributed by atoms with E-state index in [0.717, 1.165) is 12.8 Å². The van der Waals surface area contributed by atoms with Gasteiger partial charge in [-0.05, 0) is 25.0 Å². The first-order valence-electron chi connectivity index (χ1n) is 4.81. The fraction of sp³-hybridized carbons (Fsp3) is 0.273. The molecule has 1 amide bonds. The second-order valence-electron chi connectivity index (χ2n) is 3.61. The van der Waals surface area contributed by atoms with E-state index in [-0.39, 0.29) is 17.4 Å². The zero-order chi connectivity index (χ0) is 10.8. The highest BCUT2D eigenvalue weighted by atomic mass is 16.4. The van der Waals surface area contributed by atoms with Gasteiger partial charge in [0.1, 0.15) is 0 Å². The number of anilines is 1. The van der Waals surface area contributed by atoms with E-state index in [4.69, 9.17) is 5.11 Å². The van der Waals surface area contributed by atoms with E-state index in [1.807, 2.05) is 0 Å². The molecule has 15 heavy (non-hydrogen) atoms. The van der Waals surface area contributed by atoms with Crippen LogP contribution >= 0.6 is 0 Å². The van der Waals surface area contributed by atoms with Crippen LogP contribution in [0.3, 0.4) is 0 Å². The number of carboxylic acid groups (broad SMARTS) is 1. The molecule has 4 nitrogen and oxygen atoms in total. The minimum Gasteiger partial charge on any atom is -0.478 e. The maximum absolute atomic E-state index is 11.4. The predicted octanol–water partition coefficient (Wildman–Crippen LogP) is 1.73. The standard InChI is InChI=1S/C11H11NO3/c13-10(7-5-6-7)12-9-4-2-1-3-8(9)11(14)15/h1-4,7H,5-6H2,(H,12,13)(H,14,15). The number of amides is 1. The smallest absolute Gasteiger partial charge is 0.337 e. The van der Waals surface area contributed by atoms with Crippen molar-refractivity contribution in [3.8, 4) is 0 Å². The summed E-state index contributed by atoms with van der Waals surface area (Å²) in [5, 5.41) is 11.5. The van der Waals surface area contributed by atoms with Gasteiger partial charge < -0.3 is 10.4 Å². The monoisotopic (exact) mass is 205 g/mol. The first-order valence-corrected chi connectivity index (χ1v) is 4.81. The third-order valence-corrected chi connectivity index (χ3v) is 2.36. The second kappa shape index (κ2) is 3.73. The van der Waals surface area contributed by atoms with Crippen LogP contribution in [0.4, 0.5) is 5.69 Å². The van der Waals surface area contributed by atoms with E-state index in [0.29, 0.717) is 5.69 Å². The fourth-order valence-corrected chi connectivity index (χ4v) is 1.36. The molecule has 0 spiro atoms. The summed E-state index contributed by atoms with van der Waals surface area (Å²) >= 11 is 0. The van der Waals surface area contributed by atoms with Crippen molar-refractivity contribution in [3.05, 3.63) is 29.8 Å². The Labute approximate surface area is 86.9 Å². The van der Waals surface area contributed by atoms with Crippen LogP contribution in [0.15, 0.2) is 24.3 Å². The van der Waals surface area contributed by atoms with Crippen molar-refractivity contribution >= 4 is 17.6 Å². The van der Waals surface area contributed by atoms with Crippen LogP contribution in [0, 0.1) is 5.92 Å². The number of benzene rings is 1. The van der Waals surface area contributed by atoms with Gasteiger partial charge in [-0.1, -0.05) is 12.1 Å². The van der Waals surface area contributed by atoms with Crippen molar-refractivity contribution in [2.45, 2.75) is 12.8 Å². The Morgan fingerprint density at radius 2 is 1.93 bits per heavy atom. The molecule has 1 aliphatic rings. The normalized spacial score (nSPS) is 14.7. The van der Waals surface area contributed by atoms with Crippen LogP contribution in [0.1, 0.15) is 23.2 Å². The van der Waals surface area contributed by atoms with Crippen LogP contribution in [-0.2, 0) is 4.79 Å². The van der Waals surface area contributed by atoms with E-state index in [9.17, 15) is 9.59 Å². The highest BCUT2D eigenvalue weighted by molar-refractivity contribution is 6.01. The number of carbonyl (C=O) groups is 2. The van der Waals surface area contributed by atoms with Gasteiger partial charge in [-0.2, -0.15) is 0 Å². The largest absolute Gasteiger partial charge is 0.478 e. The lowest BCUT2D eigenvalue weighted by Crippen LogP contribution is -2.15. The van der Waals surface area contributed by atoms with Crippen molar-refractivity contribution in [2.75, 3.05) is 5.32 Å². The summed E-state index contributed by atoms with van der Waals surface area (Å²) in [6.45, 7) is 0. The molecular formula is C11H11NO3. The molecular weight excluding hydrogens is 194 g/mol. The van der Waals surface area contributed by atoms with Crippen LogP contribution in [0.5, 0.6) is 0 Å². The van der Waals surface area contributed by atoms with Gasteiger partial charge in [-0.3, -0.25) is 4.79 Å². The number of para-hydroxylation sites is 1. The Balaban J connectivity index is 2.19. The topological polar surface area (TPSA) is 66.4 Å². The minimum absolute atomic E-state index is 0.0758. The van der Waals surface area contributed by atoms with Crippen molar-refractivity contribution in [2.24, 2.45) is 5.92 Å². The van der Waals surface area contributed by atoms with Crippen molar-refractivity contribution < 1.29 is 14.7 Å². The molecule has 0 saturated heterocycles. The quantitative estimate of drug-likeness (QED) is 0.789. The summed E-state index contributed by atoms with van der Waals surface area (Å²) in [5.41, 5.74) is 0.508. The third-order valence-electron chi connectivity index (χ3n) is 2.36. The van der Waals surface area contributed by atoms with Crippen molar-refractivity contribution in [1.82, 2.24) is 0 Å². The van der Waals surface area contributed by atoms with Crippen LogP contribution in [0.25, 0.3) is 0 Å². The van der Waals surface area contributed by atoms with Gasteiger partial charge >= 0.3 is 5.97 Å². The van der Waals surface area contributed by atoms with Crippen LogP contribution < -0.4 is 5.32 Å². The zero-order valence-corrected chi connectivity index (χ0v) is 8.06. The van der Waals surface area contributed by atoms with Crippen LogP contribution in [0.2, 0.25) is 0 Å². The summed E-state index contributed by atoms with van der Waals surface area (Å²) in [5.74, 6) is -1.03. The molecule has 78 valence electrons. The molecule has 1 aliphatic carbocycles. The summed E-state index contributed by atoms with van der Waals surface area (Å²) < 4.78 is 0. The molecule has 1 fully saturated rings. The number of hydrogen-bond acceptors (Lipinski definition) is 2. The molecule has 0 bridgehead atoms. The maximum Gasteiger partial charge on any atom is 0.337 e. The Kier molecular flexibility index (Phi) is 2.41. The Bertz CT molecular complexity index is 410. The Morgan fingerprint density at radius 1 is 1.27 bits per heavy atom. The molecule has 1 aromatic carbocycles. The predicted molar refractivity (Wildman–Crippen MR) is 54.8 cm³/mol. The van der Waals surface area contributed by atoms with E-state index in [1.165, 1.54) is 6.07 Å². The highest BCUT2D eigenvalue weighted by Crippen LogP contribution is 2.30. The molecule has 0 atom stereocenters. The third kappa shape index (κ3) is 2.15. The number of hydrogen-bond donors (Lipinski definition) is 2. The molecule has 0 aliphatic heterocycles. The number of carbonyl (C=O) groups excluding carboxylic acids is 1. The van der Waals surface area contributed by atoms with E-state index in [1.54, 1.807) is 18.2 Å². The molecule has 0 radical (unpaired) electrons. The highest BCUT2D eigenvalue weighted by Gasteiger charge is 2.30. The molecule has 1 saturated carbocycles. The Hall–Kier alpha value is -1.84. The first kappa shape index (κ1) is 9.71. The molecule has 0 aromatic heterocycles. The van der Waals surface area contributed by atoms with Gasteiger partial charge in [0.05, 0.1) is 11.3 Å². The Morgan fingerprint density at radius 3 is 2.53 bits per heavy atom. The maximum atomic E-state index is 11.4. The number of carboxylic acids is 1. The van der Waals surface area contributed by atoms with Crippen molar-refractivity contribution in [3.63, 3.8) is 0 Å².